The van der Waals surface area contributed by atoms with Crippen LogP contribution in [-0.2, 0) is 9.53 Å². The first-order valence-electron chi connectivity index (χ1n) is 5.13. The van der Waals surface area contributed by atoms with Crippen LogP contribution in [0.3, 0.4) is 0 Å². The minimum absolute atomic E-state index is 0.0737. The number of carbonyl (C=O) groups excluding carboxylic acids is 1. The van der Waals surface area contributed by atoms with E-state index in [0.29, 0.717) is 6.42 Å². The molecule has 88 valence electrons. The van der Waals surface area contributed by atoms with Crippen molar-refractivity contribution in [3.63, 3.8) is 0 Å². The monoisotopic (exact) mass is 239 g/mol. The molecule has 0 fully saturated rings. The lowest BCUT2D eigenvalue weighted by Crippen LogP contribution is -2.20. The Morgan fingerprint density at radius 3 is 2.94 bits per heavy atom. The van der Waals surface area contributed by atoms with Crippen molar-refractivity contribution in [2.24, 2.45) is 0 Å². The summed E-state index contributed by atoms with van der Waals surface area (Å²) in [6.07, 6.45) is 2.41. The molecule has 1 aromatic carbocycles. The molecule has 0 saturated carbocycles. The van der Waals surface area contributed by atoms with Gasteiger partial charge in [-0.2, -0.15) is 0 Å². The van der Waals surface area contributed by atoms with Crippen LogP contribution < -0.4 is 5.32 Å². The fourth-order valence-corrected chi connectivity index (χ4v) is 1.84. The van der Waals surface area contributed by atoms with Crippen molar-refractivity contribution in [1.29, 1.82) is 0 Å². The Hall–Kier alpha value is -1.16. The summed E-state index contributed by atoms with van der Waals surface area (Å²) in [7, 11) is 1.41. The van der Waals surface area contributed by atoms with Gasteiger partial charge in [0.25, 0.3) is 0 Å². The van der Waals surface area contributed by atoms with Crippen LogP contribution in [0.2, 0.25) is 0 Å². The van der Waals surface area contributed by atoms with E-state index in [2.05, 4.69) is 22.2 Å². The Morgan fingerprint density at radius 1 is 1.56 bits per heavy atom. The van der Waals surface area contributed by atoms with Crippen LogP contribution in [0.4, 0.5) is 5.69 Å². The molecule has 0 aliphatic rings. The second-order valence-corrected chi connectivity index (χ2v) is 4.44. The number of carbonyl (C=O) groups is 1. The molecule has 1 atom stereocenters. The van der Waals surface area contributed by atoms with Crippen molar-refractivity contribution in [3.05, 3.63) is 24.3 Å². The molecule has 1 aromatic rings. The highest BCUT2D eigenvalue weighted by molar-refractivity contribution is 7.98. The number of thioether (sulfide) groups is 1. The lowest BCUT2D eigenvalue weighted by atomic mass is 10.2. The smallest absolute Gasteiger partial charge is 0.307 e. The molecule has 0 bridgehead atoms. The first-order valence-corrected chi connectivity index (χ1v) is 6.35. The first kappa shape index (κ1) is 12.9. The summed E-state index contributed by atoms with van der Waals surface area (Å²) in [5.41, 5.74) is 1.03. The summed E-state index contributed by atoms with van der Waals surface area (Å²) in [4.78, 5) is 12.3. The second kappa shape index (κ2) is 6.43. The number of benzene rings is 1. The zero-order valence-electron chi connectivity index (χ0n) is 9.82. The zero-order valence-corrected chi connectivity index (χ0v) is 10.6. The van der Waals surface area contributed by atoms with Gasteiger partial charge in [0.15, 0.2) is 0 Å². The molecule has 0 heterocycles. The maximum absolute atomic E-state index is 11.1. The minimum Gasteiger partial charge on any atom is -0.469 e. The normalized spacial score (nSPS) is 11.9. The highest BCUT2D eigenvalue weighted by Gasteiger charge is 2.08. The third-order valence-corrected chi connectivity index (χ3v) is 2.91. The number of nitrogens with one attached hydrogen (secondary N) is 1. The SMILES string of the molecule is COC(=O)CC(C)Nc1cccc(SC)c1. The molecule has 3 nitrogen and oxygen atoms in total. The van der Waals surface area contributed by atoms with Gasteiger partial charge >= 0.3 is 5.97 Å². The highest BCUT2D eigenvalue weighted by Crippen LogP contribution is 2.19. The first-order chi connectivity index (χ1) is 7.65. The van der Waals surface area contributed by atoms with Gasteiger partial charge in [-0.1, -0.05) is 6.07 Å². The second-order valence-electron chi connectivity index (χ2n) is 3.56. The number of esters is 1. The van der Waals surface area contributed by atoms with E-state index in [4.69, 9.17) is 0 Å². The van der Waals surface area contributed by atoms with Crippen molar-refractivity contribution < 1.29 is 9.53 Å². The molecular weight excluding hydrogens is 222 g/mol. The molecule has 0 aliphatic carbocycles. The molecule has 1 N–H and O–H groups in total. The van der Waals surface area contributed by atoms with Crippen molar-refractivity contribution in [1.82, 2.24) is 0 Å². The zero-order chi connectivity index (χ0) is 12.0. The third-order valence-electron chi connectivity index (χ3n) is 2.18. The van der Waals surface area contributed by atoms with Crippen LogP contribution in [-0.4, -0.2) is 25.4 Å². The van der Waals surface area contributed by atoms with Crippen LogP contribution >= 0.6 is 11.8 Å². The topological polar surface area (TPSA) is 38.3 Å². The molecule has 1 rings (SSSR count). The lowest BCUT2D eigenvalue weighted by Gasteiger charge is -2.14. The van der Waals surface area contributed by atoms with Crippen LogP contribution in [0.1, 0.15) is 13.3 Å². The summed E-state index contributed by atoms with van der Waals surface area (Å²) in [6, 6.07) is 8.19. The van der Waals surface area contributed by atoms with Gasteiger partial charge in [0, 0.05) is 16.6 Å². The predicted octanol–water partition coefficient (Wildman–Crippen LogP) is 2.77. The average molecular weight is 239 g/mol. The molecule has 1 unspecified atom stereocenters. The molecule has 0 radical (unpaired) electrons. The number of hydrogen-bond acceptors (Lipinski definition) is 4. The minimum atomic E-state index is -0.193. The largest absolute Gasteiger partial charge is 0.469 e. The predicted molar refractivity (Wildman–Crippen MR) is 67.9 cm³/mol. The van der Waals surface area contributed by atoms with Crippen molar-refractivity contribution in [2.75, 3.05) is 18.7 Å². The van der Waals surface area contributed by atoms with E-state index in [1.54, 1.807) is 11.8 Å². The number of methoxy groups -OCH3 is 1. The standard InChI is InChI=1S/C12H17NO2S/c1-9(7-12(14)15-2)13-10-5-4-6-11(8-10)16-3/h4-6,8-9,13H,7H2,1-3H3. The molecule has 0 saturated heterocycles. The van der Waals surface area contributed by atoms with Gasteiger partial charge in [-0.25, -0.2) is 0 Å². The van der Waals surface area contributed by atoms with Gasteiger partial charge in [0.2, 0.25) is 0 Å². The van der Waals surface area contributed by atoms with E-state index in [9.17, 15) is 4.79 Å². The van der Waals surface area contributed by atoms with Gasteiger partial charge in [0.05, 0.1) is 13.5 Å². The van der Waals surface area contributed by atoms with Gasteiger partial charge in [-0.3, -0.25) is 4.79 Å². The molecule has 4 heteroatoms. The summed E-state index contributed by atoms with van der Waals surface area (Å²) in [6.45, 7) is 1.96. The lowest BCUT2D eigenvalue weighted by molar-refractivity contribution is -0.140. The third kappa shape index (κ3) is 4.14. The Labute approximate surface area is 101 Å². The van der Waals surface area contributed by atoms with Gasteiger partial charge < -0.3 is 10.1 Å². The summed E-state index contributed by atoms with van der Waals surface area (Å²) < 4.78 is 4.62. The maximum Gasteiger partial charge on any atom is 0.307 e. The molecular formula is C12H17NO2S. The molecule has 0 aliphatic heterocycles. The van der Waals surface area contributed by atoms with E-state index in [1.807, 2.05) is 25.3 Å². The van der Waals surface area contributed by atoms with E-state index >= 15 is 0 Å². The molecule has 0 spiro atoms. The fourth-order valence-electron chi connectivity index (χ4n) is 1.38. The summed E-state index contributed by atoms with van der Waals surface area (Å²) >= 11 is 1.70. The van der Waals surface area contributed by atoms with Crippen molar-refractivity contribution in [3.8, 4) is 0 Å². The van der Waals surface area contributed by atoms with E-state index in [-0.39, 0.29) is 12.0 Å². The number of hydrogen-bond donors (Lipinski definition) is 1. The van der Waals surface area contributed by atoms with Gasteiger partial charge in [0.1, 0.15) is 0 Å². The Bertz CT molecular complexity index is 355. The number of anilines is 1. The molecule has 0 aromatic heterocycles. The summed E-state index contributed by atoms with van der Waals surface area (Å²) in [5.74, 6) is -0.193. The highest BCUT2D eigenvalue weighted by atomic mass is 32.2. The Morgan fingerprint density at radius 2 is 2.31 bits per heavy atom. The van der Waals surface area contributed by atoms with Gasteiger partial charge in [-0.05, 0) is 31.4 Å². The van der Waals surface area contributed by atoms with E-state index in [1.165, 1.54) is 12.0 Å². The van der Waals surface area contributed by atoms with Crippen LogP contribution in [0.15, 0.2) is 29.2 Å². The van der Waals surface area contributed by atoms with Crippen LogP contribution in [0.25, 0.3) is 0 Å². The average Bonchev–Trinajstić information content (AvgIpc) is 2.28. The van der Waals surface area contributed by atoms with Crippen molar-refractivity contribution >= 4 is 23.4 Å². The number of ether oxygens (including phenoxy) is 1. The molecule has 16 heavy (non-hydrogen) atoms. The van der Waals surface area contributed by atoms with Gasteiger partial charge in [-0.15, -0.1) is 11.8 Å². The Kier molecular flexibility index (Phi) is 5.19. The molecule has 0 amide bonds. The van der Waals surface area contributed by atoms with Crippen LogP contribution in [0, 0.1) is 0 Å². The van der Waals surface area contributed by atoms with E-state index < -0.39 is 0 Å². The number of rotatable bonds is 5. The Balaban J connectivity index is 2.55. The summed E-state index contributed by atoms with van der Waals surface area (Å²) in [5, 5.41) is 3.27. The quantitative estimate of drug-likeness (QED) is 0.633. The van der Waals surface area contributed by atoms with Crippen molar-refractivity contribution in [2.45, 2.75) is 24.3 Å². The maximum atomic E-state index is 11.1. The fraction of sp³-hybridized carbons (Fsp3) is 0.417. The van der Waals surface area contributed by atoms with Crippen LogP contribution in [0.5, 0.6) is 0 Å². The van der Waals surface area contributed by atoms with E-state index in [0.717, 1.165) is 5.69 Å².